The van der Waals surface area contributed by atoms with Crippen molar-refractivity contribution in [3.05, 3.63) is 57.5 Å². The van der Waals surface area contributed by atoms with Crippen LogP contribution in [0.2, 0.25) is 0 Å². The standard InChI is InChI=1S/C14H14FNO2S/c1-9(10-2-4-12(15)5-3-10)16-7-13-6-11(8-19-13)14(17)18/h2-6,8-9,16H,7H2,1H3,(H,17,18)/t9-/m0/s1. The average Bonchev–Trinajstić information content (AvgIpc) is 2.86. The summed E-state index contributed by atoms with van der Waals surface area (Å²) in [5.41, 5.74) is 1.31. The van der Waals surface area contributed by atoms with Gasteiger partial charge in [0, 0.05) is 22.8 Å². The minimum atomic E-state index is -0.908. The Morgan fingerprint density at radius 3 is 2.68 bits per heavy atom. The van der Waals surface area contributed by atoms with E-state index >= 15 is 0 Å². The number of nitrogens with one attached hydrogen (secondary N) is 1. The molecule has 1 heterocycles. The van der Waals surface area contributed by atoms with Gasteiger partial charge in [-0.05, 0) is 30.7 Å². The molecule has 0 unspecified atom stereocenters. The summed E-state index contributed by atoms with van der Waals surface area (Å²) in [7, 11) is 0. The SMILES string of the molecule is C[C@H](NCc1cc(C(=O)O)cs1)c1ccc(F)cc1. The molecule has 0 saturated heterocycles. The molecule has 0 aliphatic carbocycles. The predicted octanol–water partition coefficient (Wildman–Crippen LogP) is 3.44. The molecule has 1 aromatic carbocycles. The first-order chi connectivity index (χ1) is 9.06. The van der Waals surface area contributed by atoms with Gasteiger partial charge in [-0.25, -0.2) is 9.18 Å². The van der Waals surface area contributed by atoms with Crippen LogP contribution in [0.25, 0.3) is 0 Å². The summed E-state index contributed by atoms with van der Waals surface area (Å²) in [5, 5.41) is 13.7. The Labute approximate surface area is 114 Å². The number of rotatable bonds is 5. The lowest BCUT2D eigenvalue weighted by molar-refractivity contribution is 0.0697. The van der Waals surface area contributed by atoms with Crippen molar-refractivity contribution in [3.63, 3.8) is 0 Å². The molecule has 0 fully saturated rings. The van der Waals surface area contributed by atoms with Gasteiger partial charge < -0.3 is 10.4 Å². The zero-order valence-corrected chi connectivity index (χ0v) is 11.2. The van der Waals surface area contributed by atoms with E-state index in [9.17, 15) is 9.18 Å². The molecule has 0 bridgehead atoms. The number of hydrogen-bond acceptors (Lipinski definition) is 3. The van der Waals surface area contributed by atoms with Crippen molar-refractivity contribution in [1.82, 2.24) is 5.32 Å². The molecule has 2 rings (SSSR count). The Balaban J connectivity index is 1.94. The maximum absolute atomic E-state index is 12.8. The predicted molar refractivity (Wildman–Crippen MR) is 72.9 cm³/mol. The Morgan fingerprint density at radius 2 is 2.11 bits per heavy atom. The number of aromatic carboxylic acids is 1. The van der Waals surface area contributed by atoms with Crippen LogP contribution in [0.5, 0.6) is 0 Å². The van der Waals surface area contributed by atoms with Gasteiger partial charge in [0.05, 0.1) is 5.56 Å². The number of benzene rings is 1. The van der Waals surface area contributed by atoms with Gasteiger partial charge in [-0.15, -0.1) is 11.3 Å². The summed E-state index contributed by atoms with van der Waals surface area (Å²) in [6.07, 6.45) is 0. The van der Waals surface area contributed by atoms with Gasteiger partial charge >= 0.3 is 5.97 Å². The average molecular weight is 279 g/mol. The van der Waals surface area contributed by atoms with Crippen LogP contribution in [-0.2, 0) is 6.54 Å². The molecule has 2 N–H and O–H groups in total. The van der Waals surface area contributed by atoms with Crippen molar-refractivity contribution in [2.45, 2.75) is 19.5 Å². The van der Waals surface area contributed by atoms with E-state index in [-0.39, 0.29) is 11.9 Å². The number of carboxylic acid groups (broad SMARTS) is 1. The van der Waals surface area contributed by atoms with Crippen LogP contribution >= 0.6 is 11.3 Å². The molecule has 2 aromatic rings. The minimum Gasteiger partial charge on any atom is -0.478 e. The van der Waals surface area contributed by atoms with Gasteiger partial charge in [0.15, 0.2) is 0 Å². The molecular weight excluding hydrogens is 265 g/mol. The Morgan fingerprint density at radius 1 is 1.42 bits per heavy atom. The van der Waals surface area contributed by atoms with Crippen LogP contribution < -0.4 is 5.32 Å². The molecular formula is C14H14FNO2S. The van der Waals surface area contributed by atoms with Crippen molar-refractivity contribution in [2.24, 2.45) is 0 Å². The maximum Gasteiger partial charge on any atom is 0.336 e. The lowest BCUT2D eigenvalue weighted by Crippen LogP contribution is -2.17. The Kier molecular flexibility index (Phi) is 4.29. The molecule has 19 heavy (non-hydrogen) atoms. The number of hydrogen-bond donors (Lipinski definition) is 2. The van der Waals surface area contributed by atoms with E-state index in [4.69, 9.17) is 5.11 Å². The third kappa shape index (κ3) is 3.62. The molecule has 3 nitrogen and oxygen atoms in total. The topological polar surface area (TPSA) is 49.3 Å². The second-order valence-corrected chi connectivity index (χ2v) is 5.26. The van der Waals surface area contributed by atoms with E-state index in [1.807, 2.05) is 6.92 Å². The van der Waals surface area contributed by atoms with E-state index in [1.165, 1.54) is 23.5 Å². The van der Waals surface area contributed by atoms with Gasteiger partial charge in [0.25, 0.3) is 0 Å². The Hall–Kier alpha value is -1.72. The lowest BCUT2D eigenvalue weighted by atomic mass is 10.1. The quantitative estimate of drug-likeness (QED) is 0.881. The summed E-state index contributed by atoms with van der Waals surface area (Å²) >= 11 is 1.41. The highest BCUT2D eigenvalue weighted by atomic mass is 32.1. The molecule has 0 spiro atoms. The van der Waals surface area contributed by atoms with E-state index in [1.54, 1.807) is 23.6 Å². The van der Waals surface area contributed by atoms with Gasteiger partial charge in [0.2, 0.25) is 0 Å². The van der Waals surface area contributed by atoms with Gasteiger partial charge in [0.1, 0.15) is 5.82 Å². The first-order valence-corrected chi connectivity index (χ1v) is 6.74. The van der Waals surface area contributed by atoms with Crippen molar-refractivity contribution in [1.29, 1.82) is 0 Å². The number of halogens is 1. The second kappa shape index (κ2) is 5.95. The summed E-state index contributed by atoms with van der Waals surface area (Å²) in [6, 6.07) is 8.09. The first kappa shape index (κ1) is 13.7. The fraction of sp³-hybridized carbons (Fsp3) is 0.214. The van der Waals surface area contributed by atoms with E-state index in [2.05, 4.69) is 5.32 Å². The monoisotopic (exact) mass is 279 g/mol. The van der Waals surface area contributed by atoms with Crippen molar-refractivity contribution in [2.75, 3.05) is 0 Å². The zero-order valence-electron chi connectivity index (χ0n) is 10.4. The van der Waals surface area contributed by atoms with Crippen LogP contribution in [0, 0.1) is 5.82 Å². The molecule has 1 aromatic heterocycles. The molecule has 0 saturated carbocycles. The van der Waals surface area contributed by atoms with Gasteiger partial charge in [-0.2, -0.15) is 0 Å². The third-order valence-electron chi connectivity index (χ3n) is 2.85. The Bertz CT molecular complexity index is 565. The normalized spacial score (nSPS) is 12.3. The second-order valence-electron chi connectivity index (χ2n) is 4.26. The maximum atomic E-state index is 12.8. The highest BCUT2D eigenvalue weighted by Crippen LogP contribution is 2.17. The smallest absolute Gasteiger partial charge is 0.336 e. The van der Waals surface area contributed by atoms with Crippen molar-refractivity contribution >= 4 is 17.3 Å². The number of carboxylic acids is 1. The summed E-state index contributed by atoms with van der Waals surface area (Å²) < 4.78 is 12.8. The van der Waals surface area contributed by atoms with Crippen LogP contribution in [-0.4, -0.2) is 11.1 Å². The summed E-state index contributed by atoms with van der Waals surface area (Å²) in [6.45, 7) is 2.58. The van der Waals surface area contributed by atoms with Crippen LogP contribution in [0.1, 0.15) is 33.8 Å². The molecule has 5 heteroatoms. The molecule has 0 aliphatic heterocycles. The van der Waals surface area contributed by atoms with E-state index in [0.717, 1.165) is 10.4 Å². The highest BCUT2D eigenvalue weighted by Gasteiger charge is 2.08. The minimum absolute atomic E-state index is 0.0796. The molecule has 0 amide bonds. The van der Waals surface area contributed by atoms with E-state index in [0.29, 0.717) is 12.1 Å². The van der Waals surface area contributed by atoms with Crippen molar-refractivity contribution in [3.8, 4) is 0 Å². The molecule has 1 atom stereocenters. The summed E-state index contributed by atoms with van der Waals surface area (Å²) in [5.74, 6) is -1.16. The third-order valence-corrected chi connectivity index (χ3v) is 3.79. The molecule has 0 aliphatic rings. The van der Waals surface area contributed by atoms with Gasteiger partial charge in [-0.1, -0.05) is 12.1 Å². The molecule has 100 valence electrons. The fourth-order valence-electron chi connectivity index (χ4n) is 1.71. The van der Waals surface area contributed by atoms with Crippen molar-refractivity contribution < 1.29 is 14.3 Å². The van der Waals surface area contributed by atoms with Crippen LogP contribution in [0.3, 0.4) is 0 Å². The zero-order chi connectivity index (χ0) is 13.8. The number of carbonyl (C=O) groups is 1. The van der Waals surface area contributed by atoms with E-state index < -0.39 is 5.97 Å². The lowest BCUT2D eigenvalue weighted by Gasteiger charge is -2.13. The first-order valence-electron chi connectivity index (χ1n) is 5.86. The largest absolute Gasteiger partial charge is 0.478 e. The van der Waals surface area contributed by atoms with Gasteiger partial charge in [-0.3, -0.25) is 0 Å². The summed E-state index contributed by atoms with van der Waals surface area (Å²) in [4.78, 5) is 11.7. The molecule has 0 radical (unpaired) electrons. The highest BCUT2D eigenvalue weighted by molar-refractivity contribution is 7.10. The number of thiophene rings is 1. The van der Waals surface area contributed by atoms with Crippen LogP contribution in [0.15, 0.2) is 35.7 Å². The van der Waals surface area contributed by atoms with Crippen LogP contribution in [0.4, 0.5) is 4.39 Å². The fourth-order valence-corrected chi connectivity index (χ4v) is 2.52.